The van der Waals surface area contributed by atoms with E-state index in [4.69, 9.17) is 21.1 Å². The van der Waals surface area contributed by atoms with Crippen molar-refractivity contribution < 1.29 is 13.9 Å². The van der Waals surface area contributed by atoms with Gasteiger partial charge in [-0.25, -0.2) is 4.39 Å². The van der Waals surface area contributed by atoms with Crippen molar-refractivity contribution in [2.45, 2.75) is 58.2 Å². The first-order valence-electron chi connectivity index (χ1n) is 9.71. The summed E-state index contributed by atoms with van der Waals surface area (Å²) in [4.78, 5) is 0. The lowest BCUT2D eigenvalue weighted by Crippen LogP contribution is -2.30. The maximum Gasteiger partial charge on any atom is 0.161 e. The van der Waals surface area contributed by atoms with Crippen molar-refractivity contribution in [1.29, 1.82) is 0 Å². The number of halogens is 2. The summed E-state index contributed by atoms with van der Waals surface area (Å²) in [5.41, 5.74) is 1.92. The largest absolute Gasteiger partial charge is 0.490 e. The first-order valence-corrected chi connectivity index (χ1v) is 10.1. The number of hydrogen-bond donors (Lipinski definition) is 1. The van der Waals surface area contributed by atoms with E-state index in [9.17, 15) is 4.39 Å². The average molecular weight is 392 g/mol. The summed E-state index contributed by atoms with van der Waals surface area (Å²) in [6.07, 6.45) is 6.52. The maximum absolute atomic E-state index is 13.2. The Morgan fingerprint density at radius 3 is 2.59 bits per heavy atom. The quantitative estimate of drug-likeness (QED) is 0.609. The van der Waals surface area contributed by atoms with Gasteiger partial charge in [-0.1, -0.05) is 43.0 Å². The van der Waals surface area contributed by atoms with E-state index in [1.807, 2.05) is 19.1 Å². The third-order valence-corrected chi connectivity index (χ3v) is 5.26. The molecule has 0 spiro atoms. The molecule has 27 heavy (non-hydrogen) atoms. The molecule has 1 saturated carbocycles. The molecule has 3 nitrogen and oxygen atoms in total. The van der Waals surface area contributed by atoms with Gasteiger partial charge in [-0.2, -0.15) is 0 Å². The van der Waals surface area contributed by atoms with Crippen LogP contribution in [-0.2, 0) is 13.2 Å². The maximum atomic E-state index is 13.2. The second-order valence-corrected chi connectivity index (χ2v) is 7.36. The summed E-state index contributed by atoms with van der Waals surface area (Å²) >= 11 is 6.08. The van der Waals surface area contributed by atoms with E-state index >= 15 is 0 Å². The smallest absolute Gasteiger partial charge is 0.161 e. The molecule has 1 N–H and O–H groups in total. The van der Waals surface area contributed by atoms with Gasteiger partial charge in [0.05, 0.1) is 11.6 Å². The highest BCUT2D eigenvalue weighted by atomic mass is 35.5. The zero-order valence-corrected chi connectivity index (χ0v) is 16.5. The van der Waals surface area contributed by atoms with Crippen LogP contribution in [0, 0.1) is 5.82 Å². The van der Waals surface area contributed by atoms with Gasteiger partial charge in [-0.05, 0) is 49.6 Å². The standard InChI is InChI=1S/C22H27ClFNO2/c1-2-26-22-12-16(14-25-19-6-4-3-5-7-19)8-11-21(22)27-15-17-9-10-18(24)13-20(17)23/h8-13,19,25H,2-7,14-15H2,1H3. The monoisotopic (exact) mass is 391 g/mol. The van der Waals surface area contributed by atoms with E-state index in [0.717, 1.165) is 17.9 Å². The van der Waals surface area contributed by atoms with E-state index in [0.29, 0.717) is 23.4 Å². The van der Waals surface area contributed by atoms with Crippen molar-refractivity contribution in [1.82, 2.24) is 5.32 Å². The Bertz CT molecular complexity index is 747. The van der Waals surface area contributed by atoms with Crippen molar-refractivity contribution in [2.24, 2.45) is 0 Å². The van der Waals surface area contributed by atoms with Crippen LogP contribution in [0.5, 0.6) is 11.5 Å². The van der Waals surface area contributed by atoms with E-state index in [-0.39, 0.29) is 12.4 Å². The van der Waals surface area contributed by atoms with Gasteiger partial charge in [0.1, 0.15) is 12.4 Å². The van der Waals surface area contributed by atoms with Gasteiger partial charge in [0.15, 0.2) is 11.5 Å². The molecular weight excluding hydrogens is 365 g/mol. The average Bonchev–Trinajstić information content (AvgIpc) is 2.68. The van der Waals surface area contributed by atoms with E-state index in [1.54, 1.807) is 6.07 Å². The fourth-order valence-corrected chi connectivity index (χ4v) is 3.63. The molecule has 0 bridgehead atoms. The van der Waals surface area contributed by atoms with E-state index in [1.165, 1.54) is 49.8 Å². The van der Waals surface area contributed by atoms with Crippen molar-refractivity contribution in [3.05, 3.63) is 58.4 Å². The Kier molecular flexibility index (Phi) is 7.36. The molecule has 0 radical (unpaired) electrons. The molecule has 2 aromatic rings. The zero-order valence-electron chi connectivity index (χ0n) is 15.8. The third kappa shape index (κ3) is 5.85. The first-order chi connectivity index (χ1) is 13.2. The van der Waals surface area contributed by atoms with Crippen molar-refractivity contribution in [3.63, 3.8) is 0 Å². The molecule has 0 saturated heterocycles. The van der Waals surface area contributed by atoms with Crippen LogP contribution < -0.4 is 14.8 Å². The van der Waals surface area contributed by atoms with Gasteiger partial charge in [-0.3, -0.25) is 0 Å². The van der Waals surface area contributed by atoms with Crippen LogP contribution >= 0.6 is 11.6 Å². The van der Waals surface area contributed by atoms with Crippen LogP contribution in [0.3, 0.4) is 0 Å². The van der Waals surface area contributed by atoms with Crippen LogP contribution in [0.15, 0.2) is 36.4 Å². The molecule has 0 atom stereocenters. The Labute approximate surface area is 165 Å². The highest BCUT2D eigenvalue weighted by Crippen LogP contribution is 2.30. The Morgan fingerprint density at radius 2 is 1.85 bits per heavy atom. The lowest BCUT2D eigenvalue weighted by Gasteiger charge is -2.23. The Balaban J connectivity index is 1.63. The SMILES string of the molecule is CCOc1cc(CNC2CCCCC2)ccc1OCc1ccc(F)cc1Cl. The van der Waals surface area contributed by atoms with Crippen LogP contribution in [0.1, 0.15) is 50.2 Å². The second kappa shape index (κ2) is 9.95. The minimum Gasteiger partial charge on any atom is -0.490 e. The number of hydrogen-bond acceptors (Lipinski definition) is 3. The van der Waals surface area contributed by atoms with Crippen LogP contribution in [-0.4, -0.2) is 12.6 Å². The van der Waals surface area contributed by atoms with Gasteiger partial charge < -0.3 is 14.8 Å². The van der Waals surface area contributed by atoms with Gasteiger partial charge in [0, 0.05) is 18.2 Å². The summed E-state index contributed by atoms with van der Waals surface area (Å²) < 4.78 is 24.8. The molecule has 0 amide bonds. The number of benzene rings is 2. The van der Waals surface area contributed by atoms with Gasteiger partial charge in [0.2, 0.25) is 0 Å². The predicted octanol–water partition coefficient (Wildman–Crippen LogP) is 5.88. The second-order valence-electron chi connectivity index (χ2n) is 6.95. The van der Waals surface area contributed by atoms with E-state index < -0.39 is 0 Å². The molecule has 1 aliphatic carbocycles. The van der Waals surface area contributed by atoms with Crippen molar-refractivity contribution in [2.75, 3.05) is 6.61 Å². The number of rotatable bonds is 8. The third-order valence-electron chi connectivity index (χ3n) is 4.91. The van der Waals surface area contributed by atoms with Gasteiger partial charge in [0.25, 0.3) is 0 Å². The van der Waals surface area contributed by atoms with Gasteiger partial charge in [-0.15, -0.1) is 0 Å². The van der Waals surface area contributed by atoms with E-state index in [2.05, 4.69) is 11.4 Å². The molecule has 2 aromatic carbocycles. The number of nitrogens with one attached hydrogen (secondary N) is 1. The normalized spacial score (nSPS) is 14.9. The first kappa shape index (κ1) is 20.0. The molecule has 1 aliphatic rings. The van der Waals surface area contributed by atoms with Crippen LogP contribution in [0.4, 0.5) is 4.39 Å². The summed E-state index contributed by atoms with van der Waals surface area (Å²) in [6, 6.07) is 10.9. The Hall–Kier alpha value is -1.78. The predicted molar refractivity (Wildman–Crippen MR) is 107 cm³/mol. The molecule has 0 unspecified atom stereocenters. The molecule has 3 rings (SSSR count). The summed E-state index contributed by atoms with van der Waals surface area (Å²) in [5.74, 6) is 1.03. The molecule has 0 heterocycles. The van der Waals surface area contributed by atoms with Crippen LogP contribution in [0.25, 0.3) is 0 Å². The topological polar surface area (TPSA) is 30.5 Å². The van der Waals surface area contributed by atoms with Crippen LogP contribution in [0.2, 0.25) is 5.02 Å². The minimum absolute atomic E-state index is 0.263. The molecule has 146 valence electrons. The molecule has 5 heteroatoms. The lowest BCUT2D eigenvalue weighted by atomic mass is 9.95. The summed E-state index contributed by atoms with van der Waals surface area (Å²) in [7, 11) is 0. The number of ether oxygens (including phenoxy) is 2. The van der Waals surface area contributed by atoms with Gasteiger partial charge >= 0.3 is 0 Å². The minimum atomic E-state index is -0.353. The zero-order chi connectivity index (χ0) is 19.1. The fraction of sp³-hybridized carbons (Fsp3) is 0.455. The van der Waals surface area contributed by atoms with Crippen molar-refractivity contribution in [3.8, 4) is 11.5 Å². The Morgan fingerprint density at radius 1 is 1.04 bits per heavy atom. The lowest BCUT2D eigenvalue weighted by molar-refractivity contribution is 0.269. The fourth-order valence-electron chi connectivity index (χ4n) is 3.41. The van der Waals surface area contributed by atoms with Crippen molar-refractivity contribution >= 4 is 11.6 Å². The highest BCUT2D eigenvalue weighted by molar-refractivity contribution is 6.31. The molecule has 0 aliphatic heterocycles. The highest BCUT2D eigenvalue weighted by Gasteiger charge is 2.13. The molecule has 1 fully saturated rings. The molecule has 0 aromatic heterocycles. The summed E-state index contributed by atoms with van der Waals surface area (Å²) in [5, 5.41) is 4.01. The molecular formula is C22H27ClFNO2. The summed E-state index contributed by atoms with van der Waals surface area (Å²) in [6.45, 7) is 3.61.